The van der Waals surface area contributed by atoms with Gasteiger partial charge in [-0.1, -0.05) is 61.5 Å². The number of amides is 3. The van der Waals surface area contributed by atoms with Gasteiger partial charge in [0.05, 0.1) is 11.5 Å². The van der Waals surface area contributed by atoms with Gasteiger partial charge in [0.25, 0.3) is 5.91 Å². The average molecular weight is 1010 g/mol. The zero-order valence-corrected chi connectivity index (χ0v) is 41.6. The molecular weight excluding hydrogens is 950 g/mol. The molecule has 4 aliphatic rings. The van der Waals surface area contributed by atoms with Crippen LogP contribution in [0.5, 0.6) is 5.75 Å². The smallest absolute Gasteiger partial charge is 0.414 e. The second-order valence-electron chi connectivity index (χ2n) is 19.3. The van der Waals surface area contributed by atoms with Gasteiger partial charge in [0.15, 0.2) is 6.10 Å². The van der Waals surface area contributed by atoms with E-state index in [-0.39, 0.29) is 71.5 Å². The molecule has 0 radical (unpaired) electrons. The molecule has 19 heteroatoms. The molecule has 8 rings (SSSR count). The Bertz CT molecular complexity index is 2550. The van der Waals surface area contributed by atoms with Gasteiger partial charge in [-0.05, 0) is 125 Å². The second-order valence-corrected chi connectivity index (χ2v) is 22.4. The van der Waals surface area contributed by atoms with Crippen LogP contribution in [0.1, 0.15) is 111 Å². The van der Waals surface area contributed by atoms with E-state index in [9.17, 15) is 36.9 Å². The zero-order chi connectivity index (χ0) is 50.0. The van der Waals surface area contributed by atoms with Gasteiger partial charge in [0.2, 0.25) is 17.7 Å². The van der Waals surface area contributed by atoms with Crippen molar-refractivity contribution in [2.75, 3.05) is 33.9 Å². The van der Waals surface area contributed by atoms with Gasteiger partial charge in [-0.25, -0.2) is 9.48 Å². The molecule has 2 N–H and O–H groups in total. The normalized spacial score (nSPS) is 24.4. The first kappa shape index (κ1) is 51.5. The summed E-state index contributed by atoms with van der Waals surface area (Å²) in [6.07, 6.45) is -1.68. The highest BCUT2D eigenvalue weighted by molar-refractivity contribution is 7.57. The van der Waals surface area contributed by atoms with Gasteiger partial charge in [-0.15, -0.1) is 11.3 Å². The molecule has 4 heterocycles. The van der Waals surface area contributed by atoms with Crippen LogP contribution in [-0.4, -0.2) is 120 Å². The molecule has 9 atom stereocenters. The molecule has 3 aromatic carbocycles. The van der Waals surface area contributed by atoms with Crippen LogP contribution in [0.4, 0.5) is 17.6 Å². The van der Waals surface area contributed by atoms with E-state index in [0.29, 0.717) is 48.7 Å². The molecule has 1 aliphatic carbocycles. The summed E-state index contributed by atoms with van der Waals surface area (Å²) in [4.78, 5) is 62.5. The molecule has 4 aromatic rings. The Labute approximate surface area is 410 Å². The van der Waals surface area contributed by atoms with Gasteiger partial charge < -0.3 is 34.0 Å². The number of rotatable bonds is 18. The number of ether oxygens (including phenoxy) is 2. The summed E-state index contributed by atoms with van der Waals surface area (Å²) in [6.45, 7) is 3.97. The molecule has 1 aromatic heterocycles. The standard InChI is InChI=1S/C51H62F4N5O8PS/c1-5-26-67-49(64)32(2)57-69(65,68-39-14-10-7-11-15-39)45(52)34-16-21-42-35(27-34)28-43(70-42)46(61)56-40-19-17-37(58(3)25-22-44(66-4)51(53,54)55)29-38-18-20-41(60(38)47(40)62)48(63)59-31-36(30-50(59)23-24-50)33-12-8-6-9-13-33/h6-16,21,27-28,32,36-38,40-41,44-45H,5,17-20,22-26,29-31H2,1-4H3,(H,56,61)(H,57,65)/t32-,36+,37-,38+,40-,41-,44-,45+,69?/m0/s1. The van der Waals surface area contributed by atoms with Crippen LogP contribution in [0.2, 0.25) is 0 Å². The number of methoxy groups -OCH3 is 1. The molecule has 3 amide bonds. The van der Waals surface area contributed by atoms with Crippen molar-refractivity contribution in [2.45, 2.75) is 138 Å². The SMILES string of the molecule is CCCOC(=O)[C@H](C)NP(=O)(Oc1ccccc1)[C@@H](F)c1ccc2sc(C(=O)N[C@H]3CC[C@H](N(C)CC[C@H](OC)C(F)(F)F)C[C@H]4CC[C@@H](C(=O)N5C[C@H](c6ccccc6)CC56CC6)N4C3=O)cc2c1. The van der Waals surface area contributed by atoms with Crippen LogP contribution in [0.15, 0.2) is 84.9 Å². The Kier molecular flexibility index (Phi) is 15.8. The summed E-state index contributed by atoms with van der Waals surface area (Å²) in [5, 5.41) is 5.99. The number of para-hydroxylation sites is 1. The predicted molar refractivity (Wildman–Crippen MR) is 258 cm³/mol. The van der Waals surface area contributed by atoms with Crippen LogP contribution in [0.3, 0.4) is 0 Å². The molecule has 1 unspecified atom stereocenters. The van der Waals surface area contributed by atoms with Crippen molar-refractivity contribution < 1.29 is 55.3 Å². The third kappa shape index (κ3) is 11.3. The zero-order valence-electron chi connectivity index (χ0n) is 39.9. The topological polar surface area (TPSA) is 147 Å². The van der Waals surface area contributed by atoms with Crippen LogP contribution >= 0.6 is 18.9 Å². The van der Waals surface area contributed by atoms with E-state index in [1.807, 2.05) is 34.9 Å². The van der Waals surface area contributed by atoms with E-state index in [2.05, 4.69) is 22.5 Å². The molecule has 3 saturated heterocycles. The van der Waals surface area contributed by atoms with Crippen molar-refractivity contribution in [1.29, 1.82) is 0 Å². The number of nitrogens with zero attached hydrogens (tertiary/aromatic N) is 3. The van der Waals surface area contributed by atoms with Crippen molar-refractivity contribution in [1.82, 2.24) is 25.1 Å². The number of carbonyl (C=O) groups is 4. The van der Waals surface area contributed by atoms with Crippen molar-refractivity contribution in [3.05, 3.63) is 101 Å². The summed E-state index contributed by atoms with van der Waals surface area (Å²) in [5.74, 6) is -3.77. The van der Waals surface area contributed by atoms with E-state index in [0.717, 1.165) is 43.3 Å². The number of alkyl halides is 4. The lowest BCUT2D eigenvalue weighted by Crippen LogP contribution is -2.59. The number of halogens is 4. The fourth-order valence-electron chi connectivity index (χ4n) is 10.5. The summed E-state index contributed by atoms with van der Waals surface area (Å²) >= 11 is 1.11. The fourth-order valence-corrected chi connectivity index (χ4v) is 13.4. The number of likely N-dealkylation sites (tertiary alicyclic amines) is 1. The van der Waals surface area contributed by atoms with Crippen LogP contribution in [0.25, 0.3) is 10.1 Å². The van der Waals surface area contributed by atoms with Gasteiger partial charge >= 0.3 is 19.7 Å². The molecule has 1 spiro atoms. The van der Waals surface area contributed by atoms with Gasteiger partial charge in [-0.2, -0.15) is 13.2 Å². The van der Waals surface area contributed by atoms with Crippen molar-refractivity contribution in [3.8, 4) is 5.75 Å². The Hall–Kier alpha value is -4.87. The monoisotopic (exact) mass is 1010 g/mol. The Balaban J connectivity index is 1.03. The maximum Gasteiger partial charge on any atom is 0.414 e. The number of carbonyl (C=O) groups excluding carboxylic acids is 4. The quantitative estimate of drug-likeness (QED) is 0.0562. The van der Waals surface area contributed by atoms with E-state index < -0.39 is 61.8 Å². The van der Waals surface area contributed by atoms with Crippen LogP contribution in [-0.2, 0) is 28.4 Å². The molecule has 70 heavy (non-hydrogen) atoms. The Morgan fingerprint density at radius 2 is 1.70 bits per heavy atom. The second kappa shape index (κ2) is 21.5. The third-order valence-corrected chi connectivity index (χ3v) is 17.7. The third-order valence-electron chi connectivity index (χ3n) is 14.5. The molecule has 13 nitrogen and oxygen atoms in total. The van der Waals surface area contributed by atoms with Crippen LogP contribution < -0.4 is 14.9 Å². The molecule has 378 valence electrons. The number of hydrogen-bond donors (Lipinski definition) is 2. The minimum absolute atomic E-state index is 0.0348. The predicted octanol–water partition coefficient (Wildman–Crippen LogP) is 9.53. The fraction of sp³-hybridized carbons (Fsp3) is 0.529. The lowest BCUT2D eigenvalue weighted by Gasteiger charge is -2.41. The largest absolute Gasteiger partial charge is 0.465 e. The first-order chi connectivity index (χ1) is 33.4. The number of esters is 1. The first-order valence-electron chi connectivity index (χ1n) is 24.2. The Morgan fingerprint density at radius 1 is 0.986 bits per heavy atom. The highest BCUT2D eigenvalue weighted by Crippen LogP contribution is 2.58. The van der Waals surface area contributed by atoms with E-state index in [1.165, 1.54) is 31.2 Å². The molecular formula is C51H62F4N5O8PS. The first-order valence-corrected chi connectivity index (χ1v) is 26.7. The maximum absolute atomic E-state index is 16.7. The average Bonchev–Trinajstić information content (AvgIpc) is 3.61. The molecule has 4 fully saturated rings. The summed E-state index contributed by atoms with van der Waals surface area (Å²) in [5.41, 5.74) is 0.866. The number of nitrogens with one attached hydrogen (secondary N) is 2. The van der Waals surface area contributed by atoms with Gasteiger partial charge in [0, 0.05) is 48.4 Å². The highest BCUT2D eigenvalue weighted by Gasteiger charge is 2.59. The van der Waals surface area contributed by atoms with Gasteiger partial charge in [0.1, 0.15) is 23.9 Å². The number of benzene rings is 3. The summed E-state index contributed by atoms with van der Waals surface area (Å²) < 4.78 is 88.7. The highest BCUT2D eigenvalue weighted by atomic mass is 32.1. The number of hydrogen-bond acceptors (Lipinski definition) is 10. The van der Waals surface area contributed by atoms with E-state index in [4.69, 9.17) is 14.0 Å². The lowest BCUT2D eigenvalue weighted by molar-refractivity contribution is -0.215. The summed E-state index contributed by atoms with van der Waals surface area (Å²) in [7, 11) is -1.73. The molecule has 1 saturated carbocycles. The number of thiophene rings is 1. The van der Waals surface area contributed by atoms with E-state index >= 15 is 4.39 Å². The van der Waals surface area contributed by atoms with Crippen molar-refractivity contribution in [2.24, 2.45) is 0 Å². The van der Waals surface area contributed by atoms with Crippen LogP contribution in [0, 0.1) is 0 Å². The minimum Gasteiger partial charge on any atom is -0.465 e. The van der Waals surface area contributed by atoms with Crippen molar-refractivity contribution >= 4 is 52.6 Å². The minimum atomic E-state index is -4.54. The van der Waals surface area contributed by atoms with E-state index in [1.54, 1.807) is 42.3 Å². The van der Waals surface area contributed by atoms with Gasteiger partial charge in [-0.3, -0.25) is 23.7 Å². The lowest BCUT2D eigenvalue weighted by atomic mass is 9.93. The number of fused-ring (bicyclic) bond motifs is 2. The Morgan fingerprint density at radius 3 is 2.37 bits per heavy atom. The molecule has 3 aliphatic heterocycles. The molecule has 0 bridgehead atoms. The summed E-state index contributed by atoms with van der Waals surface area (Å²) in [6, 6.07) is 20.5. The van der Waals surface area contributed by atoms with Crippen molar-refractivity contribution in [3.63, 3.8) is 0 Å². The maximum atomic E-state index is 16.7.